The molecule has 0 saturated heterocycles. The van der Waals surface area contributed by atoms with E-state index in [1.807, 2.05) is 23.6 Å². The number of carbonyl (C=O) groups excluding carboxylic acids is 1. The number of benzene rings is 2. The Bertz CT molecular complexity index is 1390. The van der Waals surface area contributed by atoms with Crippen molar-refractivity contribution < 1.29 is 33.7 Å². The first-order valence-electron chi connectivity index (χ1n) is 12.9. The second-order valence-corrected chi connectivity index (χ2v) is 10.1. The second-order valence-electron chi connectivity index (χ2n) is 10.1. The summed E-state index contributed by atoms with van der Waals surface area (Å²) in [6.45, 7) is 1.96. The third kappa shape index (κ3) is 4.26. The van der Waals surface area contributed by atoms with Crippen molar-refractivity contribution in [3.8, 4) is 5.75 Å². The molecule has 2 aliphatic rings. The number of amides is 1. The number of rotatable bonds is 5. The number of para-hydroxylation sites is 1. The van der Waals surface area contributed by atoms with Gasteiger partial charge in [0.25, 0.3) is 0 Å². The zero-order valence-corrected chi connectivity index (χ0v) is 21.7. The third-order valence-corrected chi connectivity index (χ3v) is 7.95. The molecule has 1 saturated carbocycles. The summed E-state index contributed by atoms with van der Waals surface area (Å²) in [6, 6.07) is 7.78. The lowest BCUT2D eigenvalue weighted by molar-refractivity contribution is -0.143. The fourth-order valence-electron chi connectivity index (χ4n) is 6.09. The van der Waals surface area contributed by atoms with E-state index in [1.54, 1.807) is 11.0 Å². The lowest BCUT2D eigenvalue weighted by atomic mass is 9.85. The molecule has 0 radical (unpaired) electrons. The van der Waals surface area contributed by atoms with E-state index in [1.165, 1.54) is 26.4 Å². The molecular formula is C28H32FN3O6. The van der Waals surface area contributed by atoms with Crippen LogP contribution in [-0.2, 0) is 16.0 Å². The first-order chi connectivity index (χ1) is 18.3. The molecule has 5 rings (SSSR count). The van der Waals surface area contributed by atoms with Crippen LogP contribution in [0.2, 0.25) is 0 Å². The summed E-state index contributed by atoms with van der Waals surface area (Å²) in [4.78, 5) is 31.0. The Balaban J connectivity index is 1.72. The van der Waals surface area contributed by atoms with Crippen molar-refractivity contribution in [2.45, 2.75) is 63.6 Å². The van der Waals surface area contributed by atoms with Crippen LogP contribution < -0.4 is 9.64 Å². The summed E-state index contributed by atoms with van der Waals surface area (Å²) < 4.78 is 26.8. The normalized spacial score (nSPS) is 22.1. The fourth-order valence-corrected chi connectivity index (χ4v) is 6.09. The van der Waals surface area contributed by atoms with Crippen LogP contribution in [0.4, 0.5) is 14.9 Å². The number of ether oxygens (including phenoxy) is 2. The number of aryl methyl sites for hydroxylation is 1. The van der Waals surface area contributed by atoms with Crippen LogP contribution in [0, 0.1) is 11.7 Å². The lowest BCUT2D eigenvalue weighted by Crippen LogP contribution is -2.42. The highest BCUT2D eigenvalue weighted by Gasteiger charge is 2.36. The van der Waals surface area contributed by atoms with Gasteiger partial charge >= 0.3 is 12.1 Å². The molecule has 1 aliphatic carbocycles. The van der Waals surface area contributed by atoms with E-state index in [-0.39, 0.29) is 29.2 Å². The van der Waals surface area contributed by atoms with E-state index in [9.17, 15) is 24.2 Å². The number of halogens is 1. The Morgan fingerprint density at radius 2 is 1.95 bits per heavy atom. The summed E-state index contributed by atoms with van der Waals surface area (Å²) in [5.41, 5.74) is 3.15. The van der Waals surface area contributed by atoms with E-state index in [0.717, 1.165) is 23.9 Å². The molecule has 1 amide bonds. The van der Waals surface area contributed by atoms with Crippen molar-refractivity contribution in [1.82, 2.24) is 9.55 Å². The predicted molar refractivity (Wildman–Crippen MR) is 138 cm³/mol. The molecule has 1 fully saturated rings. The summed E-state index contributed by atoms with van der Waals surface area (Å²) in [5.74, 6) is -1.73. The number of aromatic nitrogens is 2. The van der Waals surface area contributed by atoms with Gasteiger partial charge in [-0.05, 0) is 57.2 Å². The lowest BCUT2D eigenvalue weighted by Gasteiger charge is -2.34. The molecule has 4 atom stereocenters. The monoisotopic (exact) mass is 525 g/mol. The van der Waals surface area contributed by atoms with Gasteiger partial charge in [0, 0.05) is 23.2 Å². The number of nitrogens with zero attached hydrogens (tertiary/aromatic N) is 3. The summed E-state index contributed by atoms with van der Waals surface area (Å²) in [6.07, 6.45) is 2.01. The molecule has 202 valence electrons. The molecule has 38 heavy (non-hydrogen) atoms. The Labute approximate surface area is 219 Å². The minimum Gasteiger partial charge on any atom is -0.493 e. The average molecular weight is 526 g/mol. The molecule has 1 unspecified atom stereocenters. The summed E-state index contributed by atoms with van der Waals surface area (Å²) in [5, 5.41) is 21.3. The van der Waals surface area contributed by atoms with Gasteiger partial charge in [0.05, 0.1) is 36.9 Å². The van der Waals surface area contributed by atoms with E-state index in [0.29, 0.717) is 36.9 Å². The molecule has 1 aliphatic heterocycles. The highest BCUT2D eigenvalue weighted by atomic mass is 19.1. The van der Waals surface area contributed by atoms with Gasteiger partial charge in [-0.1, -0.05) is 18.6 Å². The molecule has 2 heterocycles. The number of carboxylic acid groups (broad SMARTS) is 1. The standard InChI is InChI=1S/C28H32FN3O6/c1-15-10-11-18-21(31(15)28(36)38-3)12-13-22-23(18)30-26(24(33)19-8-5-9-20(29)25(19)37-2)32(22)17-7-4-6-16(14-17)27(34)35/h5,8-9,12-13,15-17,24,33H,4,6-7,10-11,14H2,1-3H3,(H,34,35)/t15?,16-,17-,24-/m1/s1. The van der Waals surface area contributed by atoms with E-state index < -0.39 is 29.9 Å². The molecule has 3 aromatic rings. The first-order valence-corrected chi connectivity index (χ1v) is 12.9. The number of aliphatic hydroxyl groups is 1. The SMILES string of the molecule is COC(=O)N1c2ccc3c(nc([C@H](O)c4cccc(F)c4OC)n3[C@@H]3CCC[C@@H](C(=O)O)C3)c2CCC1C. The summed E-state index contributed by atoms with van der Waals surface area (Å²) in [7, 11) is 2.69. The largest absolute Gasteiger partial charge is 0.493 e. The Morgan fingerprint density at radius 3 is 2.66 bits per heavy atom. The van der Waals surface area contributed by atoms with Crippen LogP contribution in [0.25, 0.3) is 11.0 Å². The number of carbonyl (C=O) groups is 2. The van der Waals surface area contributed by atoms with Gasteiger partial charge in [-0.15, -0.1) is 0 Å². The molecule has 2 aromatic carbocycles. The van der Waals surface area contributed by atoms with Crippen molar-refractivity contribution in [2.24, 2.45) is 5.92 Å². The van der Waals surface area contributed by atoms with Crippen molar-refractivity contribution in [3.05, 3.63) is 53.1 Å². The van der Waals surface area contributed by atoms with Gasteiger partial charge in [0.15, 0.2) is 11.6 Å². The number of fused-ring (bicyclic) bond motifs is 3. The molecule has 0 spiro atoms. The van der Waals surface area contributed by atoms with Crippen molar-refractivity contribution in [3.63, 3.8) is 0 Å². The number of aliphatic hydroxyl groups excluding tert-OH is 1. The van der Waals surface area contributed by atoms with E-state index in [4.69, 9.17) is 14.5 Å². The highest BCUT2D eigenvalue weighted by molar-refractivity contribution is 5.95. The van der Waals surface area contributed by atoms with Crippen LogP contribution in [0.15, 0.2) is 30.3 Å². The first kappa shape index (κ1) is 26.0. The van der Waals surface area contributed by atoms with Gasteiger partial charge < -0.3 is 24.3 Å². The van der Waals surface area contributed by atoms with Crippen LogP contribution in [0.5, 0.6) is 5.75 Å². The van der Waals surface area contributed by atoms with Crippen LogP contribution in [0.1, 0.15) is 68.1 Å². The number of imidazole rings is 1. The van der Waals surface area contributed by atoms with Crippen LogP contribution >= 0.6 is 0 Å². The zero-order valence-electron chi connectivity index (χ0n) is 21.7. The molecule has 0 bridgehead atoms. The van der Waals surface area contributed by atoms with Crippen LogP contribution in [0.3, 0.4) is 0 Å². The zero-order chi connectivity index (χ0) is 27.1. The van der Waals surface area contributed by atoms with Gasteiger partial charge in [-0.3, -0.25) is 9.69 Å². The maximum atomic E-state index is 14.6. The van der Waals surface area contributed by atoms with E-state index >= 15 is 0 Å². The van der Waals surface area contributed by atoms with Gasteiger partial charge in [0.1, 0.15) is 11.9 Å². The number of carboxylic acids is 1. The second kappa shape index (κ2) is 10.2. The Kier molecular flexibility index (Phi) is 7.00. The fraction of sp³-hybridized carbons (Fsp3) is 0.464. The Hall–Kier alpha value is -3.66. The molecule has 2 N–H and O–H groups in total. The van der Waals surface area contributed by atoms with Crippen molar-refractivity contribution in [2.75, 3.05) is 19.1 Å². The van der Waals surface area contributed by atoms with Gasteiger partial charge in [-0.25, -0.2) is 14.2 Å². The quantitative estimate of drug-likeness (QED) is 0.482. The van der Waals surface area contributed by atoms with Crippen molar-refractivity contribution in [1.29, 1.82) is 0 Å². The van der Waals surface area contributed by atoms with Crippen molar-refractivity contribution >= 4 is 28.8 Å². The number of methoxy groups -OCH3 is 2. The van der Waals surface area contributed by atoms with Crippen LogP contribution in [-0.4, -0.2) is 52.1 Å². The minimum atomic E-state index is -1.33. The smallest absolute Gasteiger partial charge is 0.414 e. The molecular weight excluding hydrogens is 493 g/mol. The molecule has 10 heteroatoms. The number of aliphatic carboxylic acids is 1. The topological polar surface area (TPSA) is 114 Å². The maximum Gasteiger partial charge on any atom is 0.414 e. The van der Waals surface area contributed by atoms with Gasteiger partial charge in [0.2, 0.25) is 0 Å². The molecule has 1 aromatic heterocycles. The predicted octanol–water partition coefficient (Wildman–Crippen LogP) is 4.99. The molecule has 9 nitrogen and oxygen atoms in total. The van der Waals surface area contributed by atoms with E-state index in [2.05, 4.69) is 0 Å². The van der Waals surface area contributed by atoms with Gasteiger partial charge in [-0.2, -0.15) is 0 Å². The number of anilines is 1. The summed E-state index contributed by atoms with van der Waals surface area (Å²) >= 11 is 0. The number of hydrogen-bond acceptors (Lipinski definition) is 6. The maximum absolute atomic E-state index is 14.6. The number of hydrogen-bond donors (Lipinski definition) is 2. The highest BCUT2D eigenvalue weighted by Crippen LogP contribution is 2.43. The minimum absolute atomic E-state index is 0.0641. The third-order valence-electron chi connectivity index (χ3n) is 7.95. The average Bonchev–Trinajstić information content (AvgIpc) is 3.32. The Morgan fingerprint density at radius 1 is 1.16 bits per heavy atom.